The van der Waals surface area contributed by atoms with Gasteiger partial charge in [0.2, 0.25) is 5.91 Å². The highest BCUT2D eigenvalue weighted by molar-refractivity contribution is 5.98. The molecule has 0 spiro atoms. The molecule has 2 aromatic rings. The van der Waals surface area contributed by atoms with E-state index in [1.807, 2.05) is 0 Å². The summed E-state index contributed by atoms with van der Waals surface area (Å²) in [6, 6.07) is 8.76. The van der Waals surface area contributed by atoms with Crippen LogP contribution in [0, 0.1) is 6.92 Å². The van der Waals surface area contributed by atoms with Crippen molar-refractivity contribution in [2.75, 3.05) is 45.1 Å². The van der Waals surface area contributed by atoms with E-state index in [0.29, 0.717) is 29.2 Å². The van der Waals surface area contributed by atoms with Gasteiger partial charge in [-0.1, -0.05) is 5.16 Å². The van der Waals surface area contributed by atoms with E-state index in [9.17, 15) is 9.59 Å². The van der Waals surface area contributed by atoms with Gasteiger partial charge < -0.3 is 14.7 Å². The Labute approximate surface area is 152 Å². The molecule has 1 aliphatic heterocycles. The maximum absolute atomic E-state index is 12.4. The lowest BCUT2D eigenvalue weighted by molar-refractivity contribution is -0.115. The third-order valence-corrected chi connectivity index (χ3v) is 4.47. The summed E-state index contributed by atoms with van der Waals surface area (Å²) in [5.41, 5.74) is 1.92. The molecule has 138 valence electrons. The van der Waals surface area contributed by atoms with Crippen LogP contribution in [0.15, 0.2) is 34.9 Å². The number of carbonyl (C=O) groups excluding carboxylic acids is 2. The molecule has 0 aliphatic carbocycles. The molecule has 0 bridgehead atoms. The number of hydrogen-bond acceptors (Lipinski definition) is 6. The fraction of sp³-hybridized carbons (Fsp3) is 0.421. The van der Waals surface area contributed by atoms with Crippen molar-refractivity contribution in [3.8, 4) is 0 Å². The van der Waals surface area contributed by atoms with Crippen LogP contribution in [0.5, 0.6) is 0 Å². The van der Waals surface area contributed by atoms with Crippen molar-refractivity contribution in [2.45, 2.75) is 13.3 Å². The number of piperazine rings is 1. The van der Waals surface area contributed by atoms with Gasteiger partial charge in [0.1, 0.15) is 5.76 Å². The van der Waals surface area contributed by atoms with Gasteiger partial charge in [0.25, 0.3) is 0 Å². The Bertz CT molecular complexity index is 761. The Morgan fingerprint density at radius 2 is 1.85 bits per heavy atom. The van der Waals surface area contributed by atoms with E-state index in [-0.39, 0.29) is 18.1 Å². The molecular weight excluding hydrogens is 332 g/mol. The van der Waals surface area contributed by atoms with Crippen molar-refractivity contribution in [1.29, 1.82) is 0 Å². The summed E-state index contributed by atoms with van der Waals surface area (Å²) in [5, 5.41) is 6.61. The summed E-state index contributed by atoms with van der Waals surface area (Å²) in [5.74, 6) is 0.608. The molecule has 7 heteroatoms. The van der Waals surface area contributed by atoms with E-state index < -0.39 is 0 Å². The van der Waals surface area contributed by atoms with Crippen molar-refractivity contribution in [2.24, 2.45) is 0 Å². The first-order chi connectivity index (χ1) is 12.5. The first kappa shape index (κ1) is 18.3. The van der Waals surface area contributed by atoms with E-state index in [1.54, 1.807) is 37.3 Å². The van der Waals surface area contributed by atoms with Crippen LogP contribution < -0.4 is 5.32 Å². The number of aryl methyl sites for hydroxylation is 1. The molecule has 26 heavy (non-hydrogen) atoms. The average Bonchev–Trinajstić information content (AvgIpc) is 3.02. The Kier molecular flexibility index (Phi) is 5.80. The van der Waals surface area contributed by atoms with Crippen molar-refractivity contribution < 1.29 is 14.1 Å². The quantitative estimate of drug-likeness (QED) is 0.792. The van der Waals surface area contributed by atoms with E-state index in [4.69, 9.17) is 4.52 Å². The van der Waals surface area contributed by atoms with E-state index in [0.717, 1.165) is 26.2 Å². The molecule has 3 rings (SSSR count). The normalized spacial score (nSPS) is 15.8. The van der Waals surface area contributed by atoms with Crippen molar-refractivity contribution in [3.63, 3.8) is 0 Å². The minimum atomic E-state index is -0.171. The molecule has 2 heterocycles. The molecule has 1 aromatic carbocycles. The van der Waals surface area contributed by atoms with E-state index in [2.05, 4.69) is 27.3 Å². The van der Waals surface area contributed by atoms with Gasteiger partial charge in [0.05, 0.1) is 18.7 Å². The molecule has 0 unspecified atom stereocenters. The first-order valence-corrected chi connectivity index (χ1v) is 8.76. The predicted octanol–water partition coefficient (Wildman–Crippen LogP) is 1.59. The zero-order valence-electron chi connectivity index (χ0n) is 15.2. The van der Waals surface area contributed by atoms with Gasteiger partial charge in [-0.25, -0.2) is 0 Å². The Hall–Kier alpha value is -2.51. The standard InChI is InChI=1S/C19H24N4O3/c1-14-11-17(21-26-14)12-19(25)20-16-5-3-15(4-6-16)18(24)13-23-9-7-22(2)8-10-23/h3-6,11H,7-10,12-13H2,1-2H3,(H,20,25). The number of rotatable bonds is 6. The summed E-state index contributed by atoms with van der Waals surface area (Å²) in [7, 11) is 2.09. The summed E-state index contributed by atoms with van der Waals surface area (Å²) < 4.78 is 4.95. The summed E-state index contributed by atoms with van der Waals surface area (Å²) in [4.78, 5) is 28.9. The third-order valence-electron chi connectivity index (χ3n) is 4.47. The second kappa shape index (κ2) is 8.25. The number of carbonyl (C=O) groups is 2. The van der Waals surface area contributed by atoms with Crippen LogP contribution in [0.3, 0.4) is 0 Å². The van der Waals surface area contributed by atoms with Crippen LogP contribution in [0.25, 0.3) is 0 Å². The van der Waals surface area contributed by atoms with Gasteiger partial charge >= 0.3 is 0 Å². The van der Waals surface area contributed by atoms with Crippen LogP contribution in [-0.2, 0) is 11.2 Å². The molecule has 1 N–H and O–H groups in total. The lowest BCUT2D eigenvalue weighted by Gasteiger charge is -2.31. The molecular formula is C19H24N4O3. The molecule has 1 saturated heterocycles. The average molecular weight is 356 g/mol. The Morgan fingerprint density at radius 1 is 1.15 bits per heavy atom. The zero-order valence-corrected chi connectivity index (χ0v) is 15.2. The molecule has 0 saturated carbocycles. The number of nitrogens with zero attached hydrogens (tertiary/aromatic N) is 3. The number of benzene rings is 1. The van der Waals surface area contributed by atoms with Gasteiger partial charge in [0, 0.05) is 43.5 Å². The summed E-state index contributed by atoms with van der Waals surface area (Å²) in [6.07, 6.45) is 0.154. The van der Waals surface area contributed by atoms with Crippen molar-refractivity contribution in [3.05, 3.63) is 47.3 Å². The van der Waals surface area contributed by atoms with Crippen LogP contribution in [0.4, 0.5) is 5.69 Å². The second-order valence-electron chi connectivity index (χ2n) is 6.73. The van der Waals surface area contributed by atoms with Crippen LogP contribution in [0.1, 0.15) is 21.8 Å². The maximum Gasteiger partial charge on any atom is 0.230 e. The van der Waals surface area contributed by atoms with Crippen LogP contribution >= 0.6 is 0 Å². The number of Topliss-reactive ketones (excluding diaryl/α,β-unsaturated/α-hetero) is 1. The van der Waals surface area contributed by atoms with Crippen LogP contribution in [0.2, 0.25) is 0 Å². The largest absolute Gasteiger partial charge is 0.361 e. The SMILES string of the molecule is Cc1cc(CC(=O)Nc2ccc(C(=O)CN3CCN(C)CC3)cc2)no1. The van der Waals surface area contributed by atoms with Crippen LogP contribution in [-0.4, -0.2) is 66.4 Å². The van der Waals surface area contributed by atoms with E-state index >= 15 is 0 Å². The number of amides is 1. The van der Waals surface area contributed by atoms with Gasteiger partial charge in [-0.3, -0.25) is 14.5 Å². The molecule has 1 amide bonds. The molecule has 7 nitrogen and oxygen atoms in total. The number of ketones is 1. The number of nitrogens with one attached hydrogen (secondary N) is 1. The van der Waals surface area contributed by atoms with Crippen molar-refractivity contribution in [1.82, 2.24) is 15.0 Å². The number of hydrogen-bond donors (Lipinski definition) is 1. The number of aromatic nitrogens is 1. The minimum absolute atomic E-state index is 0.102. The summed E-state index contributed by atoms with van der Waals surface area (Å²) >= 11 is 0. The number of likely N-dealkylation sites (N-methyl/N-ethyl adjacent to an activating group) is 1. The highest BCUT2D eigenvalue weighted by Gasteiger charge is 2.17. The Morgan fingerprint density at radius 3 is 2.46 bits per heavy atom. The fourth-order valence-corrected chi connectivity index (χ4v) is 2.91. The molecule has 1 fully saturated rings. The third kappa shape index (κ3) is 5.00. The molecule has 0 atom stereocenters. The fourth-order valence-electron chi connectivity index (χ4n) is 2.91. The van der Waals surface area contributed by atoms with Gasteiger partial charge in [0.15, 0.2) is 5.78 Å². The highest BCUT2D eigenvalue weighted by Crippen LogP contribution is 2.12. The molecule has 1 aliphatic rings. The van der Waals surface area contributed by atoms with Gasteiger partial charge in [-0.15, -0.1) is 0 Å². The highest BCUT2D eigenvalue weighted by atomic mass is 16.5. The lowest BCUT2D eigenvalue weighted by atomic mass is 10.1. The maximum atomic E-state index is 12.4. The van der Waals surface area contributed by atoms with Crippen molar-refractivity contribution >= 4 is 17.4 Å². The molecule has 0 radical (unpaired) electrons. The first-order valence-electron chi connectivity index (χ1n) is 8.76. The smallest absolute Gasteiger partial charge is 0.230 e. The summed E-state index contributed by atoms with van der Waals surface area (Å²) in [6.45, 7) is 6.03. The lowest BCUT2D eigenvalue weighted by Crippen LogP contribution is -2.46. The monoisotopic (exact) mass is 356 g/mol. The van der Waals surface area contributed by atoms with Gasteiger partial charge in [-0.2, -0.15) is 0 Å². The topological polar surface area (TPSA) is 78.7 Å². The predicted molar refractivity (Wildman–Crippen MR) is 98.3 cm³/mol. The Balaban J connectivity index is 1.51. The second-order valence-corrected chi connectivity index (χ2v) is 6.73. The van der Waals surface area contributed by atoms with E-state index in [1.165, 1.54) is 0 Å². The molecule has 1 aromatic heterocycles. The van der Waals surface area contributed by atoms with Gasteiger partial charge in [-0.05, 0) is 38.2 Å². The zero-order chi connectivity index (χ0) is 18.5. The minimum Gasteiger partial charge on any atom is -0.361 e. The number of anilines is 1.